The molecule has 0 aromatic heterocycles. The molecule has 22 heavy (non-hydrogen) atoms. The van der Waals surface area contributed by atoms with E-state index >= 15 is 0 Å². The van der Waals surface area contributed by atoms with Gasteiger partial charge in [-0.2, -0.15) is 0 Å². The Balaban J connectivity index is 1.66. The second-order valence-electron chi connectivity index (χ2n) is 6.40. The Bertz CT molecular complexity index is 504. The molecule has 1 fully saturated rings. The standard InChI is InChI=1S/C18H25BO3/c1-17(2)18(3,4)22-19(21-17)13-9-15-20-14-8-12-16-10-6-5-7-11-16/h5-13H,14-15H2,1-4H3/b12-8?,13-9+. The first-order chi connectivity index (χ1) is 10.4. The number of hydrogen-bond donors (Lipinski definition) is 0. The fraction of sp³-hybridized carbons (Fsp3) is 0.444. The second kappa shape index (κ2) is 7.27. The highest BCUT2D eigenvalue weighted by atomic mass is 16.7. The lowest BCUT2D eigenvalue weighted by molar-refractivity contribution is 0.00578. The molecule has 0 aliphatic carbocycles. The Morgan fingerprint density at radius 1 is 0.955 bits per heavy atom. The van der Waals surface area contributed by atoms with Crippen LogP contribution in [-0.4, -0.2) is 31.5 Å². The van der Waals surface area contributed by atoms with Gasteiger partial charge in [0.25, 0.3) is 0 Å². The van der Waals surface area contributed by atoms with E-state index in [1.54, 1.807) is 0 Å². The Morgan fingerprint density at radius 3 is 2.18 bits per heavy atom. The predicted octanol–water partition coefficient (Wildman–Crippen LogP) is 3.90. The summed E-state index contributed by atoms with van der Waals surface area (Å²) in [6.07, 6.45) is 6.01. The van der Waals surface area contributed by atoms with Crippen molar-refractivity contribution in [2.75, 3.05) is 13.2 Å². The van der Waals surface area contributed by atoms with E-state index in [1.165, 1.54) is 5.56 Å². The van der Waals surface area contributed by atoms with Gasteiger partial charge in [-0.25, -0.2) is 0 Å². The zero-order valence-corrected chi connectivity index (χ0v) is 13.9. The molecule has 4 heteroatoms. The van der Waals surface area contributed by atoms with Crippen molar-refractivity contribution in [1.82, 2.24) is 0 Å². The molecule has 1 aromatic rings. The molecule has 118 valence electrons. The van der Waals surface area contributed by atoms with E-state index in [0.717, 1.165) is 0 Å². The first kappa shape index (κ1) is 17.0. The largest absolute Gasteiger partial charge is 0.486 e. The molecule has 0 saturated carbocycles. The van der Waals surface area contributed by atoms with Crippen molar-refractivity contribution in [3.8, 4) is 0 Å². The third-order valence-electron chi connectivity index (χ3n) is 4.10. The SMILES string of the molecule is CC1(C)OB(/C=C/COCC=Cc2ccccc2)OC1(C)C. The summed E-state index contributed by atoms with van der Waals surface area (Å²) in [7, 11) is -0.298. The molecule has 0 spiro atoms. The van der Waals surface area contributed by atoms with E-state index in [1.807, 2.05) is 64.0 Å². The van der Waals surface area contributed by atoms with Crippen LogP contribution < -0.4 is 0 Å². The van der Waals surface area contributed by atoms with Crippen LogP contribution in [0.5, 0.6) is 0 Å². The fourth-order valence-corrected chi connectivity index (χ4v) is 2.09. The molecule has 1 heterocycles. The summed E-state index contributed by atoms with van der Waals surface area (Å²) in [6, 6.07) is 10.2. The van der Waals surface area contributed by atoms with E-state index in [4.69, 9.17) is 14.0 Å². The van der Waals surface area contributed by atoms with Crippen LogP contribution >= 0.6 is 0 Å². The van der Waals surface area contributed by atoms with Crippen LogP contribution in [0.2, 0.25) is 0 Å². The minimum Gasteiger partial charge on any atom is -0.400 e. The van der Waals surface area contributed by atoms with Crippen LogP contribution in [0.3, 0.4) is 0 Å². The maximum absolute atomic E-state index is 5.87. The van der Waals surface area contributed by atoms with E-state index in [-0.39, 0.29) is 18.3 Å². The van der Waals surface area contributed by atoms with Gasteiger partial charge in [0.05, 0.1) is 24.4 Å². The normalized spacial score (nSPS) is 20.3. The summed E-state index contributed by atoms with van der Waals surface area (Å²) in [4.78, 5) is 0. The van der Waals surface area contributed by atoms with Gasteiger partial charge in [0, 0.05) is 0 Å². The lowest BCUT2D eigenvalue weighted by Crippen LogP contribution is -2.41. The summed E-state index contributed by atoms with van der Waals surface area (Å²) in [5.74, 6) is 1.91. The van der Waals surface area contributed by atoms with Crippen molar-refractivity contribution < 1.29 is 14.0 Å². The van der Waals surface area contributed by atoms with Gasteiger partial charge in [0.1, 0.15) is 0 Å². The number of ether oxygens (including phenoxy) is 1. The molecule has 1 aromatic carbocycles. The molecule has 0 amide bonds. The van der Waals surface area contributed by atoms with Crippen molar-refractivity contribution in [3.63, 3.8) is 0 Å². The molecule has 0 atom stereocenters. The highest BCUT2D eigenvalue weighted by Gasteiger charge is 2.49. The quantitative estimate of drug-likeness (QED) is 0.589. The van der Waals surface area contributed by atoms with Gasteiger partial charge < -0.3 is 14.0 Å². The molecule has 1 saturated heterocycles. The molecule has 3 nitrogen and oxygen atoms in total. The average molecular weight is 300 g/mol. The lowest BCUT2D eigenvalue weighted by Gasteiger charge is -2.32. The predicted molar refractivity (Wildman–Crippen MR) is 91.5 cm³/mol. The third kappa shape index (κ3) is 4.57. The monoisotopic (exact) mass is 300 g/mol. The van der Waals surface area contributed by atoms with Gasteiger partial charge in [0.2, 0.25) is 0 Å². The third-order valence-corrected chi connectivity index (χ3v) is 4.10. The highest BCUT2D eigenvalue weighted by molar-refractivity contribution is 6.51. The minimum atomic E-state index is -0.298. The van der Waals surface area contributed by atoms with Crippen LogP contribution in [-0.2, 0) is 14.0 Å². The molecule has 1 aliphatic rings. The number of hydrogen-bond acceptors (Lipinski definition) is 3. The van der Waals surface area contributed by atoms with E-state index in [0.29, 0.717) is 13.2 Å². The first-order valence-electron chi connectivity index (χ1n) is 7.72. The Labute approximate surface area is 134 Å². The van der Waals surface area contributed by atoms with Gasteiger partial charge in [0.15, 0.2) is 0 Å². The first-order valence-corrected chi connectivity index (χ1v) is 7.72. The van der Waals surface area contributed by atoms with Crippen molar-refractivity contribution in [1.29, 1.82) is 0 Å². The van der Waals surface area contributed by atoms with Crippen LogP contribution in [0, 0.1) is 0 Å². The molecule has 0 bridgehead atoms. The summed E-state index contributed by atoms with van der Waals surface area (Å²) in [5, 5.41) is 0. The second-order valence-corrected chi connectivity index (χ2v) is 6.40. The molecule has 0 unspecified atom stereocenters. The van der Waals surface area contributed by atoms with Crippen molar-refractivity contribution in [2.24, 2.45) is 0 Å². The van der Waals surface area contributed by atoms with Crippen molar-refractivity contribution in [2.45, 2.75) is 38.9 Å². The molecule has 1 aliphatic heterocycles. The fourth-order valence-electron chi connectivity index (χ4n) is 2.09. The summed E-state index contributed by atoms with van der Waals surface area (Å²) in [6.45, 7) is 9.32. The van der Waals surface area contributed by atoms with Crippen LogP contribution in [0.4, 0.5) is 0 Å². The lowest BCUT2D eigenvalue weighted by atomic mass is 9.90. The molecular formula is C18H25BO3. The summed E-state index contributed by atoms with van der Waals surface area (Å²) >= 11 is 0. The van der Waals surface area contributed by atoms with Gasteiger partial charge in [-0.3, -0.25) is 0 Å². The smallest absolute Gasteiger partial charge is 0.400 e. The molecule has 2 rings (SSSR count). The Hall–Kier alpha value is -1.36. The van der Waals surface area contributed by atoms with E-state index < -0.39 is 0 Å². The van der Waals surface area contributed by atoms with Gasteiger partial charge in [-0.05, 0) is 33.3 Å². The average Bonchev–Trinajstić information content (AvgIpc) is 2.67. The summed E-state index contributed by atoms with van der Waals surface area (Å²) < 4.78 is 17.3. The minimum absolute atomic E-state index is 0.290. The Kier molecular flexibility index (Phi) is 5.62. The van der Waals surface area contributed by atoms with Crippen molar-refractivity contribution in [3.05, 3.63) is 54.0 Å². The van der Waals surface area contributed by atoms with E-state index in [9.17, 15) is 0 Å². The molecule has 0 radical (unpaired) electrons. The van der Waals surface area contributed by atoms with Crippen LogP contribution in [0.25, 0.3) is 6.08 Å². The van der Waals surface area contributed by atoms with Crippen molar-refractivity contribution >= 4 is 13.2 Å². The van der Waals surface area contributed by atoms with Gasteiger partial charge >= 0.3 is 7.12 Å². The maximum atomic E-state index is 5.87. The highest BCUT2D eigenvalue weighted by Crippen LogP contribution is 2.36. The number of benzene rings is 1. The maximum Gasteiger partial charge on any atom is 0.486 e. The number of rotatable bonds is 6. The molecular weight excluding hydrogens is 275 g/mol. The summed E-state index contributed by atoms with van der Waals surface area (Å²) in [5.41, 5.74) is 0.599. The van der Waals surface area contributed by atoms with Gasteiger partial charge in [-0.1, -0.05) is 54.5 Å². The van der Waals surface area contributed by atoms with Crippen LogP contribution in [0.15, 0.2) is 48.5 Å². The van der Waals surface area contributed by atoms with Gasteiger partial charge in [-0.15, -0.1) is 0 Å². The Morgan fingerprint density at radius 2 is 1.55 bits per heavy atom. The zero-order valence-electron chi connectivity index (χ0n) is 13.9. The van der Waals surface area contributed by atoms with Crippen LogP contribution in [0.1, 0.15) is 33.3 Å². The van der Waals surface area contributed by atoms with E-state index in [2.05, 4.69) is 18.2 Å². The topological polar surface area (TPSA) is 27.7 Å². The zero-order chi connectivity index (χ0) is 16.1. The molecule has 0 N–H and O–H groups in total.